The molecule has 0 spiro atoms. The summed E-state index contributed by atoms with van der Waals surface area (Å²) >= 11 is 0. The van der Waals surface area contributed by atoms with Gasteiger partial charge in [0.1, 0.15) is 0 Å². The number of aromatic nitrogens is 2. The Morgan fingerprint density at radius 2 is 1.93 bits per heavy atom. The van der Waals surface area contributed by atoms with Crippen molar-refractivity contribution in [2.75, 3.05) is 36.4 Å². The maximum absolute atomic E-state index is 12.2. The third kappa shape index (κ3) is 5.03. The van der Waals surface area contributed by atoms with Crippen molar-refractivity contribution in [3.05, 3.63) is 51.9 Å². The second-order valence-corrected chi connectivity index (χ2v) is 8.14. The number of hydrogen-bond donors (Lipinski definition) is 2. The predicted molar refractivity (Wildman–Crippen MR) is 114 cm³/mol. The molecule has 4 rings (SSSR count). The standard InChI is InChI=1S/C22H29N5O2/c1-16(28)23-19-8-6-17(7-9-19)14-26-10-4-5-18(15-26)20-13-21(29)25-22(24-20)27-11-2-3-12-27/h6-9,13,18H,2-5,10-12,14-15H2,1H3,(H,23,28)(H,24,25,29). The highest BCUT2D eigenvalue weighted by Crippen LogP contribution is 2.27. The molecule has 2 fully saturated rings. The molecule has 1 amide bonds. The minimum Gasteiger partial charge on any atom is -0.342 e. The van der Waals surface area contributed by atoms with Gasteiger partial charge in [-0.1, -0.05) is 12.1 Å². The molecule has 0 bridgehead atoms. The Bertz CT molecular complexity index is 902. The molecule has 0 saturated carbocycles. The van der Waals surface area contributed by atoms with Crippen LogP contribution in [0.25, 0.3) is 0 Å². The summed E-state index contributed by atoms with van der Waals surface area (Å²) in [6, 6.07) is 9.69. The summed E-state index contributed by atoms with van der Waals surface area (Å²) in [5.41, 5.74) is 2.90. The van der Waals surface area contributed by atoms with Crippen molar-refractivity contribution in [1.82, 2.24) is 14.9 Å². The van der Waals surface area contributed by atoms with Crippen LogP contribution in [0.15, 0.2) is 35.1 Å². The molecule has 2 aromatic rings. The summed E-state index contributed by atoms with van der Waals surface area (Å²) in [4.78, 5) is 35.7. The first-order valence-corrected chi connectivity index (χ1v) is 10.5. The van der Waals surface area contributed by atoms with E-state index in [0.717, 1.165) is 75.7 Å². The lowest BCUT2D eigenvalue weighted by Gasteiger charge is -2.32. The number of benzene rings is 1. The Hall–Kier alpha value is -2.67. The van der Waals surface area contributed by atoms with Crippen LogP contribution in [0.5, 0.6) is 0 Å². The number of hydrogen-bond acceptors (Lipinski definition) is 5. The van der Waals surface area contributed by atoms with Crippen molar-refractivity contribution in [2.24, 2.45) is 0 Å². The molecule has 2 N–H and O–H groups in total. The van der Waals surface area contributed by atoms with Gasteiger partial charge in [-0.15, -0.1) is 0 Å². The molecule has 1 aromatic carbocycles. The van der Waals surface area contributed by atoms with E-state index < -0.39 is 0 Å². The first kappa shape index (κ1) is 19.6. The largest absolute Gasteiger partial charge is 0.342 e. The second kappa shape index (κ2) is 8.78. The molecule has 154 valence electrons. The summed E-state index contributed by atoms with van der Waals surface area (Å²) in [6.07, 6.45) is 4.48. The number of nitrogens with one attached hydrogen (secondary N) is 2. The fourth-order valence-electron chi connectivity index (χ4n) is 4.35. The van der Waals surface area contributed by atoms with Crippen LogP contribution in [0.1, 0.15) is 49.8 Å². The van der Waals surface area contributed by atoms with Gasteiger partial charge in [0.25, 0.3) is 5.56 Å². The number of likely N-dealkylation sites (tertiary alicyclic amines) is 1. The van der Waals surface area contributed by atoms with Gasteiger partial charge < -0.3 is 10.2 Å². The maximum atomic E-state index is 12.2. The van der Waals surface area contributed by atoms with E-state index in [1.165, 1.54) is 12.5 Å². The number of aromatic amines is 1. The average Bonchev–Trinajstić information content (AvgIpc) is 3.24. The summed E-state index contributed by atoms with van der Waals surface area (Å²) in [5.74, 6) is 0.956. The average molecular weight is 396 g/mol. The number of anilines is 2. The van der Waals surface area contributed by atoms with Crippen molar-refractivity contribution in [1.29, 1.82) is 0 Å². The van der Waals surface area contributed by atoms with E-state index in [2.05, 4.69) is 32.2 Å². The highest BCUT2D eigenvalue weighted by molar-refractivity contribution is 5.88. The van der Waals surface area contributed by atoms with E-state index in [4.69, 9.17) is 4.98 Å². The molecule has 29 heavy (non-hydrogen) atoms. The predicted octanol–water partition coefficient (Wildman–Crippen LogP) is 2.71. The Morgan fingerprint density at radius 1 is 1.17 bits per heavy atom. The molecular formula is C22H29N5O2. The fraction of sp³-hybridized carbons (Fsp3) is 0.500. The third-order valence-electron chi connectivity index (χ3n) is 5.76. The van der Waals surface area contributed by atoms with Gasteiger partial charge in [-0.2, -0.15) is 0 Å². The van der Waals surface area contributed by atoms with Crippen molar-refractivity contribution >= 4 is 17.5 Å². The Kier molecular flexibility index (Phi) is 5.94. The third-order valence-corrected chi connectivity index (χ3v) is 5.76. The normalized spacial score (nSPS) is 20.0. The lowest BCUT2D eigenvalue weighted by Crippen LogP contribution is -2.35. The minimum absolute atomic E-state index is 0.0532. The van der Waals surface area contributed by atoms with E-state index >= 15 is 0 Å². The lowest BCUT2D eigenvalue weighted by atomic mass is 9.94. The quantitative estimate of drug-likeness (QED) is 0.814. The lowest BCUT2D eigenvalue weighted by molar-refractivity contribution is -0.114. The topological polar surface area (TPSA) is 81.3 Å². The Balaban J connectivity index is 1.43. The van der Waals surface area contributed by atoms with Crippen molar-refractivity contribution in [3.63, 3.8) is 0 Å². The van der Waals surface area contributed by atoms with Gasteiger partial charge >= 0.3 is 0 Å². The first-order chi connectivity index (χ1) is 14.1. The van der Waals surface area contributed by atoms with Gasteiger partial charge in [0.2, 0.25) is 11.9 Å². The number of carbonyl (C=O) groups excluding carboxylic acids is 1. The van der Waals surface area contributed by atoms with Gasteiger partial charge in [-0.25, -0.2) is 4.98 Å². The number of rotatable bonds is 5. The molecule has 0 aliphatic carbocycles. The maximum Gasteiger partial charge on any atom is 0.252 e. The smallest absolute Gasteiger partial charge is 0.252 e. The van der Waals surface area contributed by atoms with Crippen LogP contribution in [-0.4, -0.2) is 47.0 Å². The second-order valence-electron chi connectivity index (χ2n) is 8.14. The van der Waals surface area contributed by atoms with Crippen molar-refractivity contribution < 1.29 is 4.79 Å². The zero-order chi connectivity index (χ0) is 20.2. The molecule has 3 heterocycles. The van der Waals surface area contributed by atoms with E-state index in [0.29, 0.717) is 0 Å². The highest BCUT2D eigenvalue weighted by atomic mass is 16.1. The van der Waals surface area contributed by atoms with Gasteiger partial charge in [0.15, 0.2) is 0 Å². The van der Waals surface area contributed by atoms with E-state index in [-0.39, 0.29) is 17.4 Å². The number of piperidine rings is 1. The van der Waals surface area contributed by atoms with Crippen LogP contribution in [0.2, 0.25) is 0 Å². The van der Waals surface area contributed by atoms with Crippen LogP contribution in [0.4, 0.5) is 11.6 Å². The zero-order valence-electron chi connectivity index (χ0n) is 17.0. The molecule has 0 radical (unpaired) electrons. The molecule has 2 aliphatic rings. The van der Waals surface area contributed by atoms with E-state index in [1.54, 1.807) is 6.07 Å². The molecule has 1 unspecified atom stereocenters. The van der Waals surface area contributed by atoms with Crippen molar-refractivity contribution in [2.45, 2.75) is 45.1 Å². The van der Waals surface area contributed by atoms with Gasteiger partial charge in [-0.05, 0) is 49.9 Å². The van der Waals surface area contributed by atoms with Gasteiger partial charge in [0, 0.05) is 50.8 Å². The first-order valence-electron chi connectivity index (χ1n) is 10.5. The van der Waals surface area contributed by atoms with Crippen LogP contribution in [-0.2, 0) is 11.3 Å². The fourth-order valence-corrected chi connectivity index (χ4v) is 4.35. The number of H-pyrrole nitrogens is 1. The Morgan fingerprint density at radius 3 is 2.66 bits per heavy atom. The minimum atomic E-state index is -0.0599. The van der Waals surface area contributed by atoms with Gasteiger partial charge in [0.05, 0.1) is 5.69 Å². The summed E-state index contributed by atoms with van der Waals surface area (Å²) in [5, 5.41) is 2.80. The molecule has 7 heteroatoms. The number of amides is 1. The number of nitrogens with zero attached hydrogens (tertiary/aromatic N) is 3. The van der Waals surface area contributed by atoms with Crippen LogP contribution in [0.3, 0.4) is 0 Å². The SMILES string of the molecule is CC(=O)Nc1ccc(CN2CCCC(c3cc(=O)[nH]c(N4CCCC4)n3)C2)cc1. The van der Waals surface area contributed by atoms with E-state index in [9.17, 15) is 9.59 Å². The number of carbonyl (C=O) groups is 1. The zero-order valence-corrected chi connectivity index (χ0v) is 17.0. The summed E-state index contributed by atoms with van der Waals surface area (Å²) in [7, 11) is 0. The van der Waals surface area contributed by atoms with Gasteiger partial charge in [-0.3, -0.25) is 19.5 Å². The highest BCUT2D eigenvalue weighted by Gasteiger charge is 2.24. The molecule has 7 nitrogen and oxygen atoms in total. The molecule has 1 aromatic heterocycles. The molecule has 1 atom stereocenters. The van der Waals surface area contributed by atoms with Crippen molar-refractivity contribution in [3.8, 4) is 0 Å². The van der Waals surface area contributed by atoms with E-state index in [1.807, 2.05) is 12.1 Å². The summed E-state index contributed by atoms with van der Waals surface area (Å²) < 4.78 is 0. The molecule has 2 aliphatic heterocycles. The van der Waals surface area contributed by atoms with Crippen LogP contribution < -0.4 is 15.8 Å². The molecule has 2 saturated heterocycles. The molecular weight excluding hydrogens is 366 g/mol. The van der Waals surface area contributed by atoms with Crippen LogP contribution in [0, 0.1) is 0 Å². The Labute approximate surface area is 171 Å². The summed E-state index contributed by atoms with van der Waals surface area (Å²) in [6.45, 7) is 6.27. The van der Waals surface area contributed by atoms with Crippen LogP contribution >= 0.6 is 0 Å². The monoisotopic (exact) mass is 395 g/mol.